The molecule has 7 nitrogen and oxygen atoms in total. The topological polar surface area (TPSA) is 96.5 Å². The molecule has 0 saturated carbocycles. The number of benzene rings is 2. The van der Waals surface area contributed by atoms with Crippen LogP contribution in [0.15, 0.2) is 47.6 Å². The van der Waals surface area contributed by atoms with E-state index in [4.69, 9.17) is 10.7 Å². The number of fused-ring (bicyclic) bond motifs is 1. The maximum Gasteiger partial charge on any atom is 0.227 e. The maximum atomic E-state index is 12.8. The van der Waals surface area contributed by atoms with Gasteiger partial charge in [0.05, 0.1) is 5.69 Å². The smallest absolute Gasteiger partial charge is 0.227 e. The number of aromatic nitrogens is 2. The summed E-state index contributed by atoms with van der Waals surface area (Å²) in [5.74, 6) is 0.781. The van der Waals surface area contributed by atoms with Gasteiger partial charge in [-0.3, -0.25) is 14.7 Å². The van der Waals surface area contributed by atoms with E-state index in [2.05, 4.69) is 59.2 Å². The minimum Gasteiger partial charge on any atom is -0.398 e. The molecule has 4 rings (SSSR count). The van der Waals surface area contributed by atoms with Crippen molar-refractivity contribution >= 4 is 29.3 Å². The number of hydrogen-bond donors (Lipinski definition) is 2. The summed E-state index contributed by atoms with van der Waals surface area (Å²) in [6.45, 7) is 8.05. The van der Waals surface area contributed by atoms with E-state index in [1.807, 2.05) is 12.3 Å². The molecule has 1 aromatic heterocycles. The van der Waals surface area contributed by atoms with Crippen molar-refractivity contribution in [2.45, 2.75) is 65.6 Å². The van der Waals surface area contributed by atoms with E-state index in [9.17, 15) is 4.79 Å². The normalized spacial score (nSPS) is 14.2. The van der Waals surface area contributed by atoms with Gasteiger partial charge in [0.25, 0.3) is 0 Å². The Morgan fingerprint density at radius 1 is 1.19 bits per heavy atom. The Morgan fingerprint density at radius 2 is 1.97 bits per heavy atom. The summed E-state index contributed by atoms with van der Waals surface area (Å²) in [6.07, 6.45) is 7.00. The van der Waals surface area contributed by atoms with Crippen molar-refractivity contribution in [1.82, 2.24) is 14.9 Å². The molecule has 7 heteroatoms. The SMILES string of the molecule is CCC(CCCC(=O)c1ccc(N)c(C=NC)c1)N1Cc2cnc(Nc3cc(C)cc(C)c3)nc2C1. The van der Waals surface area contributed by atoms with Gasteiger partial charge in [-0.25, -0.2) is 9.97 Å². The zero-order chi connectivity index (χ0) is 25.7. The molecule has 0 bridgehead atoms. The van der Waals surface area contributed by atoms with Gasteiger partial charge in [0.2, 0.25) is 5.95 Å². The van der Waals surface area contributed by atoms with Gasteiger partial charge in [0.15, 0.2) is 5.78 Å². The molecule has 1 aliphatic rings. The molecule has 1 atom stereocenters. The first kappa shape index (κ1) is 25.5. The number of anilines is 3. The third-order valence-corrected chi connectivity index (χ3v) is 6.76. The molecule has 1 aliphatic heterocycles. The number of nitrogens with zero attached hydrogens (tertiary/aromatic N) is 4. The molecule has 1 unspecified atom stereocenters. The Morgan fingerprint density at radius 3 is 2.69 bits per heavy atom. The van der Waals surface area contributed by atoms with Crippen molar-refractivity contribution in [2.75, 3.05) is 18.1 Å². The summed E-state index contributed by atoms with van der Waals surface area (Å²) in [7, 11) is 1.70. The average molecular weight is 485 g/mol. The Labute approximate surface area is 213 Å². The number of aliphatic imine (C=N–C) groups is 1. The lowest BCUT2D eigenvalue weighted by Crippen LogP contribution is -2.30. The van der Waals surface area contributed by atoms with E-state index < -0.39 is 0 Å². The third kappa shape index (κ3) is 6.15. The van der Waals surface area contributed by atoms with E-state index >= 15 is 0 Å². The van der Waals surface area contributed by atoms with Crippen molar-refractivity contribution in [2.24, 2.45) is 4.99 Å². The Kier molecular flexibility index (Phi) is 8.10. The Balaban J connectivity index is 1.33. The number of Topliss-reactive ketones (excluding diaryl/α,β-unsaturated/α-hetero) is 1. The number of carbonyl (C=O) groups excluding carboxylic acids is 1. The molecule has 0 saturated heterocycles. The molecular weight excluding hydrogens is 448 g/mol. The van der Waals surface area contributed by atoms with Crippen LogP contribution in [0.5, 0.6) is 0 Å². The number of nitrogen functional groups attached to an aromatic ring is 1. The highest BCUT2D eigenvalue weighted by molar-refractivity contribution is 5.99. The second kappa shape index (κ2) is 11.4. The van der Waals surface area contributed by atoms with Gasteiger partial charge in [-0.05, 0) is 74.6 Å². The van der Waals surface area contributed by atoms with E-state index in [-0.39, 0.29) is 5.78 Å². The standard InChI is InChI=1S/C29H36N6O/c1-5-25(7-6-8-28(36)21-9-10-26(30)22(14-21)15-31-4)35-17-23-16-32-29(34-27(23)18-35)33-24-12-19(2)11-20(3)13-24/h9-16,25H,5-8,17-18,30H2,1-4H3,(H,32,33,34). The van der Waals surface area contributed by atoms with Crippen molar-refractivity contribution in [3.05, 3.63) is 76.1 Å². The summed E-state index contributed by atoms with van der Waals surface area (Å²) < 4.78 is 0. The minimum atomic E-state index is 0.147. The van der Waals surface area contributed by atoms with Gasteiger partial charge in [0, 0.05) is 73.1 Å². The number of aryl methyl sites for hydroxylation is 2. The summed E-state index contributed by atoms with van der Waals surface area (Å²) in [5, 5.41) is 3.36. The molecule has 2 aromatic carbocycles. The fraction of sp³-hybridized carbons (Fsp3) is 0.379. The largest absolute Gasteiger partial charge is 0.398 e. The second-order valence-corrected chi connectivity index (χ2v) is 9.68. The average Bonchev–Trinajstić information content (AvgIpc) is 3.25. The van der Waals surface area contributed by atoms with Crippen LogP contribution in [0, 0.1) is 13.8 Å². The predicted octanol–water partition coefficient (Wildman–Crippen LogP) is 5.62. The van der Waals surface area contributed by atoms with Crippen LogP contribution < -0.4 is 11.1 Å². The maximum absolute atomic E-state index is 12.8. The quantitative estimate of drug-likeness (QED) is 0.220. The van der Waals surface area contributed by atoms with Gasteiger partial charge in [-0.15, -0.1) is 0 Å². The first-order chi connectivity index (χ1) is 17.4. The molecular formula is C29H36N6O. The van der Waals surface area contributed by atoms with Crippen LogP contribution in [-0.4, -0.2) is 40.0 Å². The molecule has 0 fully saturated rings. The van der Waals surface area contributed by atoms with Gasteiger partial charge in [-0.2, -0.15) is 0 Å². The summed E-state index contributed by atoms with van der Waals surface area (Å²) in [6, 6.07) is 12.2. The monoisotopic (exact) mass is 484 g/mol. The van der Waals surface area contributed by atoms with Crippen LogP contribution in [0.1, 0.15) is 70.9 Å². The minimum absolute atomic E-state index is 0.147. The molecule has 0 aliphatic carbocycles. The summed E-state index contributed by atoms with van der Waals surface area (Å²) >= 11 is 0. The number of nitrogens with two attached hydrogens (primary N) is 1. The highest BCUT2D eigenvalue weighted by Gasteiger charge is 2.26. The molecule has 0 spiro atoms. The van der Waals surface area contributed by atoms with Gasteiger partial charge in [0.1, 0.15) is 0 Å². The zero-order valence-corrected chi connectivity index (χ0v) is 21.7. The van der Waals surface area contributed by atoms with Crippen molar-refractivity contribution in [1.29, 1.82) is 0 Å². The predicted molar refractivity (Wildman–Crippen MR) is 147 cm³/mol. The van der Waals surface area contributed by atoms with E-state index in [0.717, 1.165) is 49.3 Å². The fourth-order valence-electron chi connectivity index (χ4n) is 4.96. The zero-order valence-electron chi connectivity index (χ0n) is 21.7. The highest BCUT2D eigenvalue weighted by Crippen LogP contribution is 2.28. The summed E-state index contributed by atoms with van der Waals surface area (Å²) in [5.41, 5.74) is 13.8. The van der Waals surface area contributed by atoms with Crippen LogP contribution in [0.3, 0.4) is 0 Å². The van der Waals surface area contributed by atoms with Gasteiger partial charge < -0.3 is 11.1 Å². The number of rotatable bonds is 10. The number of ketones is 1. The van der Waals surface area contributed by atoms with E-state index in [0.29, 0.717) is 29.7 Å². The van der Waals surface area contributed by atoms with Gasteiger partial charge in [-0.1, -0.05) is 13.0 Å². The second-order valence-electron chi connectivity index (χ2n) is 9.68. The van der Waals surface area contributed by atoms with Crippen LogP contribution in [0.25, 0.3) is 0 Å². The van der Waals surface area contributed by atoms with Crippen molar-refractivity contribution in [3.63, 3.8) is 0 Å². The van der Waals surface area contributed by atoms with Crippen LogP contribution in [0.4, 0.5) is 17.3 Å². The number of carbonyl (C=O) groups is 1. The lowest BCUT2D eigenvalue weighted by molar-refractivity contribution is 0.0972. The van der Waals surface area contributed by atoms with Crippen LogP contribution in [-0.2, 0) is 13.1 Å². The Hall–Kier alpha value is -3.58. The first-order valence-corrected chi connectivity index (χ1v) is 12.6. The molecule has 2 heterocycles. The lowest BCUT2D eigenvalue weighted by atomic mass is 9.99. The lowest BCUT2D eigenvalue weighted by Gasteiger charge is -2.26. The highest BCUT2D eigenvalue weighted by atomic mass is 16.1. The van der Waals surface area contributed by atoms with E-state index in [1.54, 1.807) is 25.4 Å². The molecule has 3 aromatic rings. The van der Waals surface area contributed by atoms with Crippen LogP contribution >= 0.6 is 0 Å². The van der Waals surface area contributed by atoms with E-state index in [1.165, 1.54) is 16.7 Å². The molecule has 0 radical (unpaired) electrons. The fourth-order valence-corrected chi connectivity index (χ4v) is 4.96. The molecule has 188 valence electrons. The van der Waals surface area contributed by atoms with Crippen molar-refractivity contribution < 1.29 is 4.79 Å². The molecule has 36 heavy (non-hydrogen) atoms. The first-order valence-electron chi connectivity index (χ1n) is 12.6. The number of nitrogens with one attached hydrogen (secondary N) is 1. The van der Waals surface area contributed by atoms with Gasteiger partial charge >= 0.3 is 0 Å². The Bertz CT molecular complexity index is 1250. The number of hydrogen-bond acceptors (Lipinski definition) is 7. The van der Waals surface area contributed by atoms with Crippen LogP contribution in [0.2, 0.25) is 0 Å². The third-order valence-electron chi connectivity index (χ3n) is 6.76. The van der Waals surface area contributed by atoms with Crippen molar-refractivity contribution in [3.8, 4) is 0 Å². The molecule has 3 N–H and O–H groups in total. The molecule has 0 amide bonds. The summed E-state index contributed by atoms with van der Waals surface area (Å²) in [4.78, 5) is 28.6.